The number of nitriles is 1. The van der Waals surface area contributed by atoms with Crippen LogP contribution in [0.1, 0.15) is 38.7 Å². The van der Waals surface area contributed by atoms with Crippen LogP contribution in [0.4, 0.5) is 10.1 Å². The van der Waals surface area contributed by atoms with E-state index in [0.717, 1.165) is 32.4 Å². The molecule has 0 radical (unpaired) electrons. The third kappa shape index (κ3) is 3.49. The Bertz CT molecular complexity index is 493. The van der Waals surface area contributed by atoms with Crippen LogP contribution in [0.2, 0.25) is 0 Å². The molecule has 3 nitrogen and oxygen atoms in total. The lowest BCUT2D eigenvalue weighted by molar-refractivity contribution is 0.230. The second-order valence-corrected chi connectivity index (χ2v) is 5.68. The molecule has 1 aromatic rings. The van der Waals surface area contributed by atoms with Crippen LogP contribution in [-0.4, -0.2) is 30.1 Å². The topological polar surface area (TPSA) is 39.1 Å². The fraction of sp³-hybridized carbons (Fsp3) is 0.562. The van der Waals surface area contributed by atoms with Gasteiger partial charge in [-0.05, 0) is 51.8 Å². The molecule has 1 aliphatic heterocycles. The van der Waals surface area contributed by atoms with Crippen molar-refractivity contribution in [1.29, 1.82) is 5.26 Å². The first kappa shape index (κ1) is 14.8. The Morgan fingerprint density at radius 3 is 2.85 bits per heavy atom. The summed E-state index contributed by atoms with van der Waals surface area (Å²) in [5.41, 5.74) is 0.743. The summed E-state index contributed by atoms with van der Waals surface area (Å²) in [6.07, 6.45) is 3.22. The van der Waals surface area contributed by atoms with Crippen LogP contribution in [0.25, 0.3) is 0 Å². The minimum absolute atomic E-state index is 0.123. The van der Waals surface area contributed by atoms with Gasteiger partial charge in [0.1, 0.15) is 17.4 Å². The molecule has 0 spiro atoms. The molecule has 1 aliphatic rings. The first-order chi connectivity index (χ1) is 9.61. The molecule has 1 unspecified atom stereocenters. The number of benzene rings is 1. The molecule has 1 aromatic carbocycles. The number of rotatable bonds is 3. The maximum Gasteiger partial charge on any atom is 0.143 e. The molecule has 1 atom stereocenters. The molecule has 0 aliphatic carbocycles. The van der Waals surface area contributed by atoms with E-state index in [-0.39, 0.29) is 5.56 Å². The third-order valence-electron chi connectivity index (χ3n) is 3.98. The smallest absolute Gasteiger partial charge is 0.143 e. The second-order valence-electron chi connectivity index (χ2n) is 5.68. The number of anilines is 1. The second kappa shape index (κ2) is 6.71. The zero-order valence-corrected chi connectivity index (χ0v) is 12.2. The molecule has 20 heavy (non-hydrogen) atoms. The number of hydrogen-bond donors (Lipinski definition) is 1. The van der Waals surface area contributed by atoms with Gasteiger partial charge in [-0.2, -0.15) is 5.26 Å². The lowest BCUT2D eigenvalue weighted by Crippen LogP contribution is -2.32. The van der Waals surface area contributed by atoms with Gasteiger partial charge < -0.3 is 10.2 Å². The van der Waals surface area contributed by atoms with Crippen molar-refractivity contribution < 1.29 is 4.39 Å². The molecular weight excluding hydrogens is 253 g/mol. The van der Waals surface area contributed by atoms with Gasteiger partial charge in [-0.1, -0.05) is 6.07 Å². The maximum absolute atomic E-state index is 13.6. The van der Waals surface area contributed by atoms with Crippen LogP contribution in [0, 0.1) is 17.1 Å². The van der Waals surface area contributed by atoms with Crippen molar-refractivity contribution in [3.8, 4) is 6.07 Å². The lowest BCUT2D eigenvalue weighted by Gasteiger charge is -2.24. The Balaban J connectivity index is 2.04. The molecule has 0 aromatic heterocycles. The Morgan fingerprint density at radius 2 is 2.15 bits per heavy atom. The summed E-state index contributed by atoms with van der Waals surface area (Å²) in [4.78, 5) is 2.47. The van der Waals surface area contributed by atoms with Crippen molar-refractivity contribution in [2.75, 3.05) is 18.4 Å². The maximum atomic E-state index is 13.6. The zero-order valence-electron chi connectivity index (χ0n) is 12.2. The Kier molecular flexibility index (Phi) is 4.97. The summed E-state index contributed by atoms with van der Waals surface area (Å²) in [7, 11) is 0. The highest BCUT2D eigenvalue weighted by Crippen LogP contribution is 2.22. The standard InChI is InChI=1S/C16H22FN3/c1-12(2)20-9-4-5-13(8-10-20)19-16-7-3-6-15(17)14(16)11-18/h3,6-7,12-13,19H,4-5,8-10H2,1-2H3. The van der Waals surface area contributed by atoms with E-state index in [0.29, 0.717) is 17.8 Å². The quantitative estimate of drug-likeness (QED) is 0.919. The average molecular weight is 275 g/mol. The van der Waals surface area contributed by atoms with Crippen LogP contribution in [0.15, 0.2) is 18.2 Å². The van der Waals surface area contributed by atoms with Crippen LogP contribution in [-0.2, 0) is 0 Å². The largest absolute Gasteiger partial charge is 0.381 e. The highest BCUT2D eigenvalue weighted by molar-refractivity contribution is 5.58. The van der Waals surface area contributed by atoms with Gasteiger partial charge in [0.05, 0.1) is 5.69 Å². The fourth-order valence-corrected chi connectivity index (χ4v) is 2.76. The summed E-state index contributed by atoms with van der Waals surface area (Å²) in [5.74, 6) is -0.449. The van der Waals surface area contributed by atoms with Crippen molar-refractivity contribution in [3.05, 3.63) is 29.6 Å². The van der Waals surface area contributed by atoms with Crippen molar-refractivity contribution in [3.63, 3.8) is 0 Å². The van der Waals surface area contributed by atoms with Gasteiger partial charge in [0, 0.05) is 18.6 Å². The van der Waals surface area contributed by atoms with Crippen LogP contribution >= 0.6 is 0 Å². The highest BCUT2D eigenvalue weighted by Gasteiger charge is 2.19. The van der Waals surface area contributed by atoms with Gasteiger partial charge in [-0.15, -0.1) is 0 Å². The Labute approximate surface area is 120 Å². The predicted octanol–water partition coefficient (Wildman–Crippen LogP) is 3.37. The lowest BCUT2D eigenvalue weighted by atomic mass is 10.1. The summed E-state index contributed by atoms with van der Waals surface area (Å²) in [6, 6.07) is 7.59. The summed E-state index contributed by atoms with van der Waals surface area (Å²) in [6.45, 7) is 6.60. The van der Waals surface area contributed by atoms with Crippen LogP contribution in [0.5, 0.6) is 0 Å². The van der Waals surface area contributed by atoms with E-state index >= 15 is 0 Å². The molecule has 1 fully saturated rings. The first-order valence-corrected chi connectivity index (χ1v) is 7.31. The molecule has 1 heterocycles. The van der Waals surface area contributed by atoms with E-state index in [1.807, 2.05) is 6.07 Å². The van der Waals surface area contributed by atoms with E-state index < -0.39 is 5.82 Å². The van der Waals surface area contributed by atoms with Crippen molar-refractivity contribution in [2.24, 2.45) is 0 Å². The van der Waals surface area contributed by atoms with Crippen molar-refractivity contribution in [1.82, 2.24) is 4.90 Å². The normalized spacial score (nSPS) is 20.4. The van der Waals surface area contributed by atoms with Gasteiger partial charge in [0.2, 0.25) is 0 Å². The zero-order chi connectivity index (χ0) is 14.5. The number of nitrogens with zero attached hydrogens (tertiary/aromatic N) is 2. The van der Waals surface area contributed by atoms with E-state index in [2.05, 4.69) is 24.1 Å². The third-order valence-corrected chi connectivity index (χ3v) is 3.98. The van der Waals surface area contributed by atoms with Gasteiger partial charge in [-0.25, -0.2) is 4.39 Å². The first-order valence-electron chi connectivity index (χ1n) is 7.31. The van der Waals surface area contributed by atoms with E-state index in [9.17, 15) is 4.39 Å². The molecule has 2 rings (SSSR count). The Morgan fingerprint density at radius 1 is 1.35 bits per heavy atom. The molecular formula is C16H22FN3. The number of nitrogens with one attached hydrogen (secondary N) is 1. The van der Waals surface area contributed by atoms with Crippen LogP contribution < -0.4 is 5.32 Å². The minimum atomic E-state index is -0.449. The average Bonchev–Trinajstić information content (AvgIpc) is 2.65. The van der Waals surface area contributed by atoms with Crippen molar-refractivity contribution >= 4 is 5.69 Å². The highest BCUT2D eigenvalue weighted by atomic mass is 19.1. The van der Waals surface area contributed by atoms with Crippen molar-refractivity contribution in [2.45, 2.75) is 45.2 Å². The Hall–Kier alpha value is -1.60. The van der Waals surface area contributed by atoms with E-state index in [1.54, 1.807) is 12.1 Å². The molecule has 0 saturated carbocycles. The molecule has 0 amide bonds. The van der Waals surface area contributed by atoms with Gasteiger partial charge in [-0.3, -0.25) is 0 Å². The molecule has 108 valence electrons. The molecule has 0 bridgehead atoms. The van der Waals surface area contributed by atoms with Crippen LogP contribution in [0.3, 0.4) is 0 Å². The predicted molar refractivity (Wildman–Crippen MR) is 79.1 cm³/mol. The summed E-state index contributed by atoms with van der Waals surface area (Å²) < 4.78 is 13.6. The van der Waals surface area contributed by atoms with Gasteiger partial charge >= 0.3 is 0 Å². The summed E-state index contributed by atoms with van der Waals surface area (Å²) in [5, 5.41) is 12.4. The monoisotopic (exact) mass is 275 g/mol. The fourth-order valence-electron chi connectivity index (χ4n) is 2.76. The molecule has 1 saturated heterocycles. The molecule has 4 heteroatoms. The number of hydrogen-bond acceptors (Lipinski definition) is 3. The number of likely N-dealkylation sites (tertiary alicyclic amines) is 1. The van der Waals surface area contributed by atoms with Gasteiger partial charge in [0.15, 0.2) is 0 Å². The SMILES string of the molecule is CC(C)N1CCCC(Nc2cccc(F)c2C#N)CC1. The van der Waals surface area contributed by atoms with Gasteiger partial charge in [0.25, 0.3) is 0 Å². The minimum Gasteiger partial charge on any atom is -0.381 e. The molecule has 1 N–H and O–H groups in total. The number of halogens is 1. The summed E-state index contributed by atoms with van der Waals surface area (Å²) >= 11 is 0. The van der Waals surface area contributed by atoms with E-state index in [1.165, 1.54) is 6.07 Å². The van der Waals surface area contributed by atoms with E-state index in [4.69, 9.17) is 5.26 Å².